The Morgan fingerprint density at radius 2 is 1.79 bits per heavy atom. The summed E-state index contributed by atoms with van der Waals surface area (Å²) < 4.78 is 7.51. The highest BCUT2D eigenvalue weighted by molar-refractivity contribution is 5.78. The van der Waals surface area contributed by atoms with Crippen LogP contribution in [0.3, 0.4) is 0 Å². The number of para-hydroxylation sites is 3. The van der Waals surface area contributed by atoms with E-state index in [2.05, 4.69) is 9.88 Å². The van der Waals surface area contributed by atoms with Gasteiger partial charge in [0.25, 0.3) is 5.56 Å². The summed E-state index contributed by atoms with van der Waals surface area (Å²) in [7, 11) is 3.99. The minimum absolute atomic E-state index is 0.0817. The van der Waals surface area contributed by atoms with Crippen molar-refractivity contribution in [1.29, 1.82) is 0 Å². The van der Waals surface area contributed by atoms with E-state index in [4.69, 9.17) is 4.74 Å². The fourth-order valence-corrected chi connectivity index (χ4v) is 2.63. The Hall–Kier alpha value is -2.66. The highest BCUT2D eigenvalue weighted by Crippen LogP contribution is 2.23. The zero-order valence-electron chi connectivity index (χ0n) is 14.2. The lowest BCUT2D eigenvalue weighted by atomic mass is 10.2. The Bertz CT molecular complexity index is 916. The Kier molecular flexibility index (Phi) is 4.62. The molecule has 1 heterocycles. The van der Waals surface area contributed by atoms with Gasteiger partial charge < -0.3 is 9.64 Å². The van der Waals surface area contributed by atoms with Crippen molar-refractivity contribution in [1.82, 2.24) is 14.5 Å². The van der Waals surface area contributed by atoms with Gasteiger partial charge in [0.05, 0.1) is 16.6 Å². The molecule has 0 atom stereocenters. The highest BCUT2D eigenvalue weighted by Gasteiger charge is 2.13. The van der Waals surface area contributed by atoms with Crippen LogP contribution in [-0.4, -0.2) is 41.7 Å². The van der Waals surface area contributed by atoms with Gasteiger partial charge in [-0.25, -0.2) is 4.98 Å². The Labute approximate surface area is 141 Å². The van der Waals surface area contributed by atoms with E-state index >= 15 is 0 Å². The number of hydrogen-bond donors (Lipinski definition) is 0. The van der Waals surface area contributed by atoms with Crippen LogP contribution >= 0.6 is 0 Å². The second-order valence-corrected chi connectivity index (χ2v) is 5.94. The van der Waals surface area contributed by atoms with Gasteiger partial charge in [-0.3, -0.25) is 9.36 Å². The van der Waals surface area contributed by atoms with Gasteiger partial charge >= 0.3 is 0 Å². The Morgan fingerprint density at radius 3 is 2.58 bits per heavy atom. The number of rotatable bonds is 5. The van der Waals surface area contributed by atoms with Gasteiger partial charge in [-0.1, -0.05) is 24.3 Å². The van der Waals surface area contributed by atoms with Crippen LogP contribution in [0.25, 0.3) is 16.6 Å². The number of ether oxygens (including phenoxy) is 1. The lowest BCUT2D eigenvalue weighted by Crippen LogP contribution is -2.24. The zero-order valence-corrected chi connectivity index (χ0v) is 14.2. The van der Waals surface area contributed by atoms with Crippen LogP contribution in [0.2, 0.25) is 0 Å². The number of hydrogen-bond acceptors (Lipinski definition) is 4. The van der Waals surface area contributed by atoms with Gasteiger partial charge in [0.2, 0.25) is 0 Å². The number of benzene rings is 2. The van der Waals surface area contributed by atoms with E-state index in [9.17, 15) is 4.79 Å². The maximum atomic E-state index is 12.9. The van der Waals surface area contributed by atoms with Crippen molar-refractivity contribution in [3.63, 3.8) is 0 Å². The van der Waals surface area contributed by atoms with Crippen molar-refractivity contribution in [3.05, 3.63) is 64.7 Å². The van der Waals surface area contributed by atoms with Gasteiger partial charge in [0.1, 0.15) is 18.2 Å². The zero-order chi connectivity index (χ0) is 17.1. The molecule has 3 aromatic rings. The summed E-state index contributed by atoms with van der Waals surface area (Å²) in [6.07, 6.45) is 0. The van der Waals surface area contributed by atoms with Gasteiger partial charge in [-0.15, -0.1) is 0 Å². The van der Waals surface area contributed by atoms with E-state index in [0.29, 0.717) is 29.1 Å². The first-order valence-corrected chi connectivity index (χ1v) is 7.93. The summed E-state index contributed by atoms with van der Waals surface area (Å²) in [6, 6.07) is 15.0. The van der Waals surface area contributed by atoms with Crippen LogP contribution in [-0.2, 0) is 0 Å². The first kappa shape index (κ1) is 16.2. The molecule has 0 spiro atoms. The van der Waals surface area contributed by atoms with E-state index in [0.717, 1.165) is 12.2 Å². The summed E-state index contributed by atoms with van der Waals surface area (Å²) in [4.78, 5) is 19.6. The summed E-state index contributed by atoms with van der Waals surface area (Å²) >= 11 is 0. The topological polar surface area (TPSA) is 47.4 Å². The molecule has 3 rings (SSSR count). The Balaban J connectivity index is 2.09. The highest BCUT2D eigenvalue weighted by atomic mass is 16.5. The number of aryl methyl sites for hydroxylation is 1. The standard InChI is InChI=1S/C19H21N3O2/c1-14-20-16-9-5-4-8-15(16)19(23)22(14)17-10-6-7-11-18(17)24-13-12-21(2)3/h4-11H,12-13H2,1-3H3. The predicted octanol–water partition coefficient (Wildman–Crippen LogP) is 2.63. The molecule has 0 bridgehead atoms. The summed E-state index contributed by atoms with van der Waals surface area (Å²) in [5.74, 6) is 1.32. The van der Waals surface area contributed by atoms with Crippen molar-refractivity contribution >= 4 is 10.9 Å². The molecule has 0 unspecified atom stereocenters. The van der Waals surface area contributed by atoms with Gasteiger partial charge in [-0.2, -0.15) is 0 Å². The quantitative estimate of drug-likeness (QED) is 0.724. The molecule has 5 heteroatoms. The number of nitrogens with zero attached hydrogens (tertiary/aromatic N) is 3. The normalized spacial score (nSPS) is 11.2. The first-order chi connectivity index (χ1) is 11.6. The summed E-state index contributed by atoms with van der Waals surface area (Å²) in [6.45, 7) is 3.20. The van der Waals surface area contributed by atoms with E-state index in [1.807, 2.05) is 63.5 Å². The minimum Gasteiger partial charge on any atom is -0.490 e. The number of aromatic nitrogens is 2. The van der Waals surface area contributed by atoms with E-state index in [1.165, 1.54) is 0 Å². The van der Waals surface area contributed by atoms with Crippen LogP contribution < -0.4 is 10.3 Å². The van der Waals surface area contributed by atoms with E-state index in [-0.39, 0.29) is 5.56 Å². The molecular weight excluding hydrogens is 302 g/mol. The van der Waals surface area contributed by atoms with Gasteiger partial charge in [0, 0.05) is 6.54 Å². The smallest absolute Gasteiger partial charge is 0.266 e. The van der Waals surface area contributed by atoms with E-state index in [1.54, 1.807) is 10.6 Å². The molecule has 0 fully saturated rings. The maximum Gasteiger partial charge on any atom is 0.266 e. The van der Waals surface area contributed by atoms with Crippen LogP contribution in [0.5, 0.6) is 5.75 Å². The molecule has 5 nitrogen and oxygen atoms in total. The first-order valence-electron chi connectivity index (χ1n) is 7.93. The SMILES string of the molecule is Cc1nc2ccccc2c(=O)n1-c1ccccc1OCCN(C)C. The lowest BCUT2D eigenvalue weighted by Gasteiger charge is -2.16. The summed E-state index contributed by atoms with van der Waals surface area (Å²) in [5, 5.41) is 0.603. The van der Waals surface area contributed by atoms with Crippen molar-refractivity contribution in [2.75, 3.05) is 27.2 Å². The molecule has 0 N–H and O–H groups in total. The lowest BCUT2D eigenvalue weighted by molar-refractivity contribution is 0.261. The minimum atomic E-state index is -0.0817. The molecule has 0 saturated carbocycles. The second-order valence-electron chi connectivity index (χ2n) is 5.94. The van der Waals surface area contributed by atoms with Gasteiger partial charge in [-0.05, 0) is 45.3 Å². The van der Waals surface area contributed by atoms with Crippen molar-refractivity contribution < 1.29 is 4.74 Å². The average molecular weight is 323 g/mol. The van der Waals surface area contributed by atoms with Crippen LogP contribution in [0.4, 0.5) is 0 Å². The molecule has 0 aliphatic rings. The monoisotopic (exact) mass is 323 g/mol. The molecular formula is C19H21N3O2. The van der Waals surface area contributed by atoms with Crippen molar-refractivity contribution in [3.8, 4) is 11.4 Å². The third-order valence-corrected chi connectivity index (χ3v) is 3.85. The van der Waals surface area contributed by atoms with Crippen molar-refractivity contribution in [2.45, 2.75) is 6.92 Å². The molecule has 0 amide bonds. The van der Waals surface area contributed by atoms with E-state index < -0.39 is 0 Å². The molecule has 2 aromatic carbocycles. The molecule has 24 heavy (non-hydrogen) atoms. The van der Waals surface area contributed by atoms with Crippen LogP contribution in [0.15, 0.2) is 53.3 Å². The molecule has 0 aliphatic heterocycles. The number of likely N-dealkylation sites (N-methyl/N-ethyl adjacent to an activating group) is 1. The van der Waals surface area contributed by atoms with Crippen LogP contribution in [0, 0.1) is 6.92 Å². The van der Waals surface area contributed by atoms with Gasteiger partial charge in [0.15, 0.2) is 0 Å². The summed E-state index contributed by atoms with van der Waals surface area (Å²) in [5.41, 5.74) is 1.35. The maximum absolute atomic E-state index is 12.9. The molecule has 0 radical (unpaired) electrons. The largest absolute Gasteiger partial charge is 0.490 e. The Morgan fingerprint density at radius 1 is 1.08 bits per heavy atom. The van der Waals surface area contributed by atoms with Crippen molar-refractivity contribution in [2.24, 2.45) is 0 Å². The molecule has 0 saturated heterocycles. The molecule has 0 aliphatic carbocycles. The molecule has 1 aromatic heterocycles. The number of fused-ring (bicyclic) bond motifs is 1. The average Bonchev–Trinajstić information content (AvgIpc) is 2.56. The third kappa shape index (κ3) is 3.16. The fourth-order valence-electron chi connectivity index (χ4n) is 2.63. The predicted molar refractivity (Wildman–Crippen MR) is 96.1 cm³/mol. The van der Waals surface area contributed by atoms with Crippen LogP contribution in [0.1, 0.15) is 5.82 Å². The fraction of sp³-hybridized carbons (Fsp3) is 0.263. The third-order valence-electron chi connectivity index (χ3n) is 3.85. The molecule has 124 valence electrons. The second kappa shape index (κ2) is 6.84.